The highest BCUT2D eigenvalue weighted by atomic mass is 16.3. The first kappa shape index (κ1) is 11.6. The maximum atomic E-state index is 9.41. The average molecular weight is 232 g/mol. The van der Waals surface area contributed by atoms with Crippen LogP contribution >= 0.6 is 0 Å². The molecule has 0 bridgehead atoms. The third-order valence-electron chi connectivity index (χ3n) is 2.50. The maximum Gasteiger partial charge on any atom is 0.222 e. The fourth-order valence-electron chi connectivity index (χ4n) is 1.85. The number of hydrogen-bond donors (Lipinski definition) is 2. The van der Waals surface area contributed by atoms with Crippen LogP contribution < -0.4 is 10.6 Å². The minimum absolute atomic E-state index is 0.246. The monoisotopic (exact) mass is 232 g/mol. The molecule has 1 unspecified atom stereocenters. The van der Waals surface area contributed by atoms with E-state index in [2.05, 4.69) is 9.97 Å². The molecule has 5 nitrogen and oxygen atoms in total. The van der Waals surface area contributed by atoms with Crippen LogP contribution in [-0.2, 0) is 0 Å². The zero-order valence-electron chi connectivity index (χ0n) is 9.96. The van der Waals surface area contributed by atoms with Crippen LogP contribution in [0.15, 0.2) is 24.3 Å². The van der Waals surface area contributed by atoms with Gasteiger partial charge in [0.2, 0.25) is 5.95 Å². The van der Waals surface area contributed by atoms with Crippen LogP contribution in [0.1, 0.15) is 6.92 Å². The van der Waals surface area contributed by atoms with Gasteiger partial charge in [-0.1, -0.05) is 12.1 Å². The molecule has 0 fully saturated rings. The van der Waals surface area contributed by atoms with Gasteiger partial charge in [-0.05, 0) is 19.1 Å². The molecular formula is C12H16N4O. The molecule has 0 saturated carbocycles. The molecule has 0 spiro atoms. The Kier molecular flexibility index (Phi) is 3.10. The lowest BCUT2D eigenvalue weighted by Gasteiger charge is -2.21. The summed E-state index contributed by atoms with van der Waals surface area (Å²) in [7, 11) is 1.88. The lowest BCUT2D eigenvalue weighted by molar-refractivity contribution is 0.201. The predicted molar refractivity (Wildman–Crippen MR) is 68.9 cm³/mol. The van der Waals surface area contributed by atoms with E-state index in [0.29, 0.717) is 6.54 Å². The number of hydrogen-bond acceptors (Lipinski definition) is 5. The minimum atomic E-state index is -0.421. The molecule has 1 aromatic carbocycles. The zero-order chi connectivity index (χ0) is 12.4. The average Bonchev–Trinajstić information content (AvgIpc) is 2.26. The van der Waals surface area contributed by atoms with Crippen LogP contribution in [-0.4, -0.2) is 34.8 Å². The van der Waals surface area contributed by atoms with Gasteiger partial charge >= 0.3 is 0 Å². The second-order valence-corrected chi connectivity index (χ2v) is 4.15. The van der Waals surface area contributed by atoms with Crippen molar-refractivity contribution >= 4 is 22.7 Å². The van der Waals surface area contributed by atoms with Crippen molar-refractivity contribution in [1.82, 2.24) is 9.97 Å². The molecular weight excluding hydrogens is 216 g/mol. The number of para-hydroxylation sites is 1. The van der Waals surface area contributed by atoms with Crippen LogP contribution in [0.2, 0.25) is 0 Å². The summed E-state index contributed by atoms with van der Waals surface area (Å²) < 4.78 is 0. The Hall–Kier alpha value is -1.88. The highest BCUT2D eigenvalue weighted by Gasteiger charge is 2.11. The van der Waals surface area contributed by atoms with Crippen LogP contribution in [0.4, 0.5) is 11.8 Å². The van der Waals surface area contributed by atoms with Gasteiger partial charge in [0.15, 0.2) is 0 Å². The highest BCUT2D eigenvalue weighted by Crippen LogP contribution is 2.23. The minimum Gasteiger partial charge on any atom is -0.392 e. The molecule has 2 rings (SSSR count). The molecule has 2 aromatic rings. The van der Waals surface area contributed by atoms with Crippen molar-refractivity contribution in [2.24, 2.45) is 0 Å². The maximum absolute atomic E-state index is 9.41. The zero-order valence-corrected chi connectivity index (χ0v) is 9.96. The Balaban J connectivity index is 2.51. The SMILES string of the molecule is CC(O)CN(C)c1nc(N)nc2ccccc12. The lowest BCUT2D eigenvalue weighted by atomic mass is 10.2. The lowest BCUT2D eigenvalue weighted by Crippen LogP contribution is -2.28. The number of aliphatic hydroxyl groups is 1. The number of fused-ring (bicyclic) bond motifs is 1. The Bertz CT molecular complexity index is 527. The molecule has 0 aliphatic heterocycles. The molecule has 0 saturated heterocycles. The van der Waals surface area contributed by atoms with Crippen LogP contribution in [0, 0.1) is 0 Å². The number of anilines is 2. The first-order valence-corrected chi connectivity index (χ1v) is 5.49. The van der Waals surface area contributed by atoms with Crippen molar-refractivity contribution in [3.05, 3.63) is 24.3 Å². The van der Waals surface area contributed by atoms with E-state index >= 15 is 0 Å². The molecule has 5 heteroatoms. The summed E-state index contributed by atoms with van der Waals surface area (Å²) in [5.41, 5.74) is 6.49. The normalized spacial score (nSPS) is 12.6. The largest absolute Gasteiger partial charge is 0.392 e. The smallest absolute Gasteiger partial charge is 0.222 e. The van der Waals surface area contributed by atoms with Crippen molar-refractivity contribution in [3.63, 3.8) is 0 Å². The van der Waals surface area contributed by atoms with E-state index in [-0.39, 0.29) is 5.95 Å². The van der Waals surface area contributed by atoms with Crippen LogP contribution in [0.3, 0.4) is 0 Å². The van der Waals surface area contributed by atoms with Gasteiger partial charge < -0.3 is 15.7 Å². The fraction of sp³-hybridized carbons (Fsp3) is 0.333. The van der Waals surface area contributed by atoms with Crippen molar-refractivity contribution in [1.29, 1.82) is 0 Å². The Morgan fingerprint density at radius 1 is 1.35 bits per heavy atom. The molecule has 17 heavy (non-hydrogen) atoms. The Morgan fingerprint density at radius 2 is 2.06 bits per heavy atom. The Morgan fingerprint density at radius 3 is 2.76 bits per heavy atom. The van der Waals surface area contributed by atoms with Crippen molar-refractivity contribution in [3.8, 4) is 0 Å². The summed E-state index contributed by atoms with van der Waals surface area (Å²) in [4.78, 5) is 10.3. The van der Waals surface area contributed by atoms with Gasteiger partial charge in [0, 0.05) is 19.0 Å². The van der Waals surface area contributed by atoms with Crippen molar-refractivity contribution in [2.75, 3.05) is 24.2 Å². The number of benzene rings is 1. The van der Waals surface area contributed by atoms with Gasteiger partial charge in [-0.15, -0.1) is 0 Å². The summed E-state index contributed by atoms with van der Waals surface area (Å²) in [6.07, 6.45) is -0.421. The van der Waals surface area contributed by atoms with E-state index in [1.54, 1.807) is 6.92 Å². The molecule has 0 aliphatic carbocycles. The van der Waals surface area contributed by atoms with E-state index in [0.717, 1.165) is 16.7 Å². The number of aliphatic hydroxyl groups excluding tert-OH is 1. The molecule has 0 aliphatic rings. The number of nitrogens with zero attached hydrogens (tertiary/aromatic N) is 3. The number of aromatic nitrogens is 2. The summed E-state index contributed by atoms with van der Waals surface area (Å²) in [6, 6.07) is 7.69. The predicted octanol–water partition coefficient (Wildman–Crippen LogP) is 1.03. The van der Waals surface area contributed by atoms with E-state index in [9.17, 15) is 5.11 Å². The Labute approximate surface area is 99.9 Å². The van der Waals surface area contributed by atoms with E-state index in [4.69, 9.17) is 5.73 Å². The number of likely N-dealkylation sites (N-methyl/N-ethyl adjacent to an activating group) is 1. The molecule has 3 N–H and O–H groups in total. The van der Waals surface area contributed by atoms with Gasteiger partial charge in [-0.3, -0.25) is 0 Å². The first-order chi connectivity index (χ1) is 8.08. The van der Waals surface area contributed by atoms with E-state index < -0.39 is 6.10 Å². The van der Waals surface area contributed by atoms with Gasteiger partial charge in [0.25, 0.3) is 0 Å². The highest BCUT2D eigenvalue weighted by molar-refractivity contribution is 5.90. The summed E-state index contributed by atoms with van der Waals surface area (Å²) in [6.45, 7) is 2.24. The summed E-state index contributed by atoms with van der Waals surface area (Å²) in [5, 5.41) is 10.3. The van der Waals surface area contributed by atoms with Crippen molar-refractivity contribution in [2.45, 2.75) is 13.0 Å². The van der Waals surface area contributed by atoms with E-state index in [1.807, 2.05) is 36.2 Å². The van der Waals surface area contributed by atoms with Gasteiger partial charge in [-0.25, -0.2) is 4.98 Å². The first-order valence-electron chi connectivity index (χ1n) is 5.49. The molecule has 1 heterocycles. The fourth-order valence-corrected chi connectivity index (χ4v) is 1.85. The third-order valence-corrected chi connectivity index (χ3v) is 2.50. The molecule has 0 radical (unpaired) electrons. The van der Waals surface area contributed by atoms with E-state index in [1.165, 1.54) is 0 Å². The molecule has 0 amide bonds. The summed E-state index contributed by atoms with van der Waals surface area (Å²) >= 11 is 0. The number of nitrogens with two attached hydrogens (primary N) is 1. The standard InChI is InChI=1S/C12H16N4O/c1-8(17)7-16(2)11-9-5-3-4-6-10(9)14-12(13)15-11/h3-6,8,17H,7H2,1-2H3,(H2,13,14,15). The second kappa shape index (κ2) is 4.55. The number of nitrogen functional groups attached to an aromatic ring is 1. The van der Waals surface area contributed by atoms with Crippen molar-refractivity contribution < 1.29 is 5.11 Å². The van der Waals surface area contributed by atoms with Gasteiger partial charge in [0.1, 0.15) is 5.82 Å². The molecule has 1 atom stereocenters. The molecule has 90 valence electrons. The van der Waals surface area contributed by atoms with Crippen LogP contribution in [0.5, 0.6) is 0 Å². The quantitative estimate of drug-likeness (QED) is 0.826. The second-order valence-electron chi connectivity index (χ2n) is 4.15. The van der Waals surface area contributed by atoms with Gasteiger partial charge in [0.05, 0.1) is 11.6 Å². The third kappa shape index (κ3) is 2.45. The van der Waals surface area contributed by atoms with Crippen LogP contribution in [0.25, 0.3) is 10.9 Å². The molecule has 1 aromatic heterocycles. The number of rotatable bonds is 3. The summed E-state index contributed by atoms with van der Waals surface area (Å²) in [5.74, 6) is 0.991. The topological polar surface area (TPSA) is 75.3 Å². The van der Waals surface area contributed by atoms with Gasteiger partial charge in [-0.2, -0.15) is 4.98 Å².